The highest BCUT2D eigenvalue weighted by molar-refractivity contribution is 5.60. The van der Waals surface area contributed by atoms with E-state index in [-0.39, 0.29) is 0 Å². The second kappa shape index (κ2) is 5.48. The molecular weight excluding hydrogens is 252 g/mol. The Morgan fingerprint density at radius 3 is 2.40 bits per heavy atom. The number of anilines is 1. The number of benzene rings is 2. The maximum absolute atomic E-state index is 5.72. The maximum atomic E-state index is 5.72. The SMILES string of the molecule is Nc1cc(-c2ccc(OCc3ccccc3)cc2)on1. The molecule has 1 aromatic heterocycles. The van der Waals surface area contributed by atoms with Crippen LogP contribution in [0.15, 0.2) is 65.2 Å². The Bertz CT molecular complexity index is 675. The Hall–Kier alpha value is -2.75. The summed E-state index contributed by atoms with van der Waals surface area (Å²) < 4.78 is 10.8. The molecular formula is C16H14N2O2. The second-order valence-electron chi connectivity index (χ2n) is 4.41. The van der Waals surface area contributed by atoms with Crippen molar-refractivity contribution in [3.8, 4) is 17.1 Å². The Morgan fingerprint density at radius 1 is 1.00 bits per heavy atom. The number of rotatable bonds is 4. The molecule has 0 amide bonds. The van der Waals surface area contributed by atoms with Crippen molar-refractivity contribution in [1.82, 2.24) is 5.16 Å². The van der Waals surface area contributed by atoms with Crippen molar-refractivity contribution in [2.45, 2.75) is 6.61 Å². The Morgan fingerprint density at radius 2 is 1.75 bits per heavy atom. The van der Waals surface area contributed by atoms with Crippen LogP contribution >= 0.6 is 0 Å². The van der Waals surface area contributed by atoms with E-state index in [0.29, 0.717) is 18.2 Å². The molecule has 4 heteroatoms. The van der Waals surface area contributed by atoms with Crippen LogP contribution < -0.4 is 10.5 Å². The highest BCUT2D eigenvalue weighted by Gasteiger charge is 2.04. The van der Waals surface area contributed by atoms with Gasteiger partial charge in [0.15, 0.2) is 11.6 Å². The summed E-state index contributed by atoms with van der Waals surface area (Å²) in [6.07, 6.45) is 0. The smallest absolute Gasteiger partial charge is 0.169 e. The molecule has 3 aromatic rings. The van der Waals surface area contributed by atoms with Crippen LogP contribution in [0.25, 0.3) is 11.3 Å². The monoisotopic (exact) mass is 266 g/mol. The molecule has 20 heavy (non-hydrogen) atoms. The zero-order chi connectivity index (χ0) is 13.8. The van der Waals surface area contributed by atoms with Crippen molar-refractivity contribution in [3.63, 3.8) is 0 Å². The zero-order valence-corrected chi connectivity index (χ0v) is 10.8. The zero-order valence-electron chi connectivity index (χ0n) is 10.8. The Balaban J connectivity index is 1.67. The standard InChI is InChI=1S/C16H14N2O2/c17-16-10-15(20-18-16)13-6-8-14(9-7-13)19-11-12-4-2-1-3-5-12/h1-10H,11H2,(H2,17,18). The van der Waals surface area contributed by atoms with E-state index in [1.807, 2.05) is 54.6 Å². The summed E-state index contributed by atoms with van der Waals surface area (Å²) in [4.78, 5) is 0. The van der Waals surface area contributed by atoms with Crippen molar-refractivity contribution < 1.29 is 9.26 Å². The van der Waals surface area contributed by atoms with Gasteiger partial charge in [0.2, 0.25) is 0 Å². The molecule has 0 saturated carbocycles. The quantitative estimate of drug-likeness (QED) is 0.785. The Kier molecular flexibility index (Phi) is 3.37. The molecule has 0 aliphatic carbocycles. The minimum Gasteiger partial charge on any atom is -0.489 e. The number of nitrogens with zero attached hydrogens (tertiary/aromatic N) is 1. The van der Waals surface area contributed by atoms with E-state index in [2.05, 4.69) is 5.16 Å². The lowest BCUT2D eigenvalue weighted by molar-refractivity contribution is 0.306. The van der Waals surface area contributed by atoms with Gasteiger partial charge in [-0.05, 0) is 29.8 Å². The van der Waals surface area contributed by atoms with Gasteiger partial charge in [0, 0.05) is 11.6 Å². The van der Waals surface area contributed by atoms with Crippen molar-refractivity contribution in [2.75, 3.05) is 5.73 Å². The molecule has 4 nitrogen and oxygen atoms in total. The van der Waals surface area contributed by atoms with Crippen LogP contribution in [0.5, 0.6) is 5.75 Å². The van der Waals surface area contributed by atoms with Gasteiger partial charge in [-0.1, -0.05) is 35.5 Å². The van der Waals surface area contributed by atoms with Gasteiger partial charge in [-0.2, -0.15) is 0 Å². The molecule has 0 aliphatic rings. The van der Waals surface area contributed by atoms with Gasteiger partial charge < -0.3 is 15.0 Å². The van der Waals surface area contributed by atoms with Crippen LogP contribution in [0, 0.1) is 0 Å². The summed E-state index contributed by atoms with van der Waals surface area (Å²) >= 11 is 0. The molecule has 0 aliphatic heterocycles. The lowest BCUT2D eigenvalue weighted by atomic mass is 10.1. The molecule has 0 saturated heterocycles. The molecule has 0 spiro atoms. The fraction of sp³-hybridized carbons (Fsp3) is 0.0625. The summed E-state index contributed by atoms with van der Waals surface area (Å²) in [6.45, 7) is 0.551. The number of ether oxygens (including phenoxy) is 1. The number of hydrogen-bond acceptors (Lipinski definition) is 4. The Labute approximate surface area is 116 Å². The summed E-state index contributed by atoms with van der Waals surface area (Å²) in [5.74, 6) is 1.84. The molecule has 2 aromatic carbocycles. The van der Waals surface area contributed by atoms with Crippen molar-refractivity contribution in [2.24, 2.45) is 0 Å². The van der Waals surface area contributed by atoms with Crippen molar-refractivity contribution >= 4 is 5.82 Å². The van der Waals surface area contributed by atoms with E-state index in [9.17, 15) is 0 Å². The van der Waals surface area contributed by atoms with Crippen LogP contribution in [0.1, 0.15) is 5.56 Å². The molecule has 2 N–H and O–H groups in total. The summed E-state index contributed by atoms with van der Waals surface area (Å²) in [6, 6.07) is 19.4. The molecule has 100 valence electrons. The van der Waals surface area contributed by atoms with E-state index in [1.54, 1.807) is 6.07 Å². The normalized spacial score (nSPS) is 10.4. The van der Waals surface area contributed by atoms with Gasteiger partial charge in [0.1, 0.15) is 12.4 Å². The lowest BCUT2D eigenvalue weighted by Gasteiger charge is -2.06. The van der Waals surface area contributed by atoms with Crippen molar-refractivity contribution in [3.05, 3.63) is 66.2 Å². The first kappa shape index (κ1) is 12.3. The van der Waals surface area contributed by atoms with Crippen LogP contribution in [0.2, 0.25) is 0 Å². The molecule has 0 unspecified atom stereocenters. The molecule has 0 bridgehead atoms. The number of nitrogens with two attached hydrogens (primary N) is 1. The minimum absolute atomic E-state index is 0.379. The number of aromatic nitrogens is 1. The largest absolute Gasteiger partial charge is 0.489 e. The topological polar surface area (TPSA) is 61.3 Å². The van der Waals surface area contributed by atoms with Crippen LogP contribution in [0.4, 0.5) is 5.82 Å². The highest BCUT2D eigenvalue weighted by Crippen LogP contribution is 2.24. The van der Waals surface area contributed by atoms with Crippen LogP contribution in [-0.4, -0.2) is 5.16 Å². The van der Waals surface area contributed by atoms with Gasteiger partial charge in [0.05, 0.1) is 0 Å². The number of hydrogen-bond donors (Lipinski definition) is 1. The number of nitrogen functional groups attached to an aromatic ring is 1. The maximum Gasteiger partial charge on any atom is 0.169 e. The fourth-order valence-electron chi connectivity index (χ4n) is 1.88. The van der Waals surface area contributed by atoms with E-state index in [0.717, 1.165) is 16.9 Å². The van der Waals surface area contributed by atoms with Gasteiger partial charge in [0.25, 0.3) is 0 Å². The third-order valence-corrected chi connectivity index (χ3v) is 2.92. The van der Waals surface area contributed by atoms with Gasteiger partial charge in [-0.25, -0.2) is 0 Å². The summed E-state index contributed by atoms with van der Waals surface area (Å²) in [5.41, 5.74) is 7.58. The third kappa shape index (κ3) is 2.80. The van der Waals surface area contributed by atoms with Crippen LogP contribution in [-0.2, 0) is 6.61 Å². The fourth-order valence-corrected chi connectivity index (χ4v) is 1.88. The first-order valence-corrected chi connectivity index (χ1v) is 6.30. The molecule has 0 fully saturated rings. The van der Waals surface area contributed by atoms with Gasteiger partial charge >= 0.3 is 0 Å². The third-order valence-electron chi connectivity index (χ3n) is 2.92. The second-order valence-corrected chi connectivity index (χ2v) is 4.41. The average molecular weight is 266 g/mol. The van der Waals surface area contributed by atoms with Crippen molar-refractivity contribution in [1.29, 1.82) is 0 Å². The lowest BCUT2D eigenvalue weighted by Crippen LogP contribution is -1.94. The molecule has 0 radical (unpaired) electrons. The van der Waals surface area contributed by atoms with E-state index >= 15 is 0 Å². The molecule has 0 atom stereocenters. The molecule has 3 rings (SSSR count). The van der Waals surface area contributed by atoms with E-state index < -0.39 is 0 Å². The van der Waals surface area contributed by atoms with E-state index in [4.69, 9.17) is 15.0 Å². The van der Waals surface area contributed by atoms with Gasteiger partial charge in [-0.3, -0.25) is 0 Å². The predicted molar refractivity (Wildman–Crippen MR) is 77.1 cm³/mol. The molecule has 1 heterocycles. The highest BCUT2D eigenvalue weighted by atomic mass is 16.5. The first-order valence-electron chi connectivity index (χ1n) is 6.30. The van der Waals surface area contributed by atoms with Gasteiger partial charge in [-0.15, -0.1) is 0 Å². The predicted octanol–water partition coefficient (Wildman–Crippen LogP) is 3.50. The minimum atomic E-state index is 0.379. The summed E-state index contributed by atoms with van der Waals surface area (Å²) in [5, 5.41) is 3.66. The first-order chi connectivity index (χ1) is 9.81. The average Bonchev–Trinajstić information content (AvgIpc) is 2.93. The van der Waals surface area contributed by atoms with E-state index in [1.165, 1.54) is 0 Å². The summed E-state index contributed by atoms with van der Waals surface area (Å²) in [7, 11) is 0. The van der Waals surface area contributed by atoms with Crippen LogP contribution in [0.3, 0.4) is 0 Å².